The Bertz CT molecular complexity index is 925. The molecule has 4 rings (SSSR count). The quantitative estimate of drug-likeness (QED) is 0.773. The van der Waals surface area contributed by atoms with Crippen LogP contribution >= 0.6 is 0 Å². The molecule has 3 aromatic rings. The molecule has 0 radical (unpaired) electrons. The van der Waals surface area contributed by atoms with E-state index >= 15 is 0 Å². The third kappa shape index (κ3) is 3.98. The molecule has 1 saturated heterocycles. The van der Waals surface area contributed by atoms with Crippen molar-refractivity contribution in [2.75, 3.05) is 41.3 Å². The molecule has 1 N–H and O–H groups in total. The van der Waals surface area contributed by atoms with Crippen molar-refractivity contribution >= 4 is 23.0 Å². The number of rotatable bonds is 4. The number of hydrogen-bond acceptors (Lipinski definition) is 6. The summed E-state index contributed by atoms with van der Waals surface area (Å²) in [6.45, 7) is 3.77. The van der Waals surface area contributed by atoms with Crippen molar-refractivity contribution in [3.63, 3.8) is 0 Å². The van der Waals surface area contributed by atoms with Crippen LogP contribution < -0.4 is 15.1 Å². The summed E-state index contributed by atoms with van der Waals surface area (Å²) in [5, 5.41) is 12.2. The van der Waals surface area contributed by atoms with Gasteiger partial charge >= 0.3 is 0 Å². The zero-order chi connectivity index (χ0) is 18.5. The molecule has 0 unspecified atom stereocenters. The van der Waals surface area contributed by atoms with E-state index in [1.807, 2.05) is 24.3 Å². The van der Waals surface area contributed by atoms with Gasteiger partial charge in [0.2, 0.25) is 0 Å². The van der Waals surface area contributed by atoms with Gasteiger partial charge in [0.05, 0.1) is 11.6 Å². The first-order chi connectivity index (χ1) is 13.3. The molecule has 2 aromatic carbocycles. The summed E-state index contributed by atoms with van der Waals surface area (Å²) in [6.07, 6.45) is 1.59. The molecule has 0 amide bonds. The molecule has 27 heavy (non-hydrogen) atoms. The maximum Gasteiger partial charge on any atom is 0.135 e. The zero-order valence-electron chi connectivity index (χ0n) is 14.9. The number of anilines is 4. The fraction of sp³-hybridized carbons (Fsp3) is 0.190. The molecule has 1 aliphatic heterocycles. The lowest BCUT2D eigenvalue weighted by molar-refractivity contribution is 0.647. The Balaban J connectivity index is 1.41. The first-order valence-electron chi connectivity index (χ1n) is 8.96. The van der Waals surface area contributed by atoms with Crippen LogP contribution in [0, 0.1) is 11.3 Å². The van der Waals surface area contributed by atoms with E-state index in [1.54, 1.807) is 18.5 Å². The Morgan fingerprint density at radius 1 is 0.852 bits per heavy atom. The van der Waals surface area contributed by atoms with Crippen LogP contribution in [0.1, 0.15) is 5.56 Å². The number of benzene rings is 2. The number of aromatic nitrogens is 2. The minimum Gasteiger partial charge on any atom is -0.368 e. The predicted octanol–water partition coefficient (Wildman–Crippen LogP) is 3.42. The fourth-order valence-corrected chi connectivity index (χ4v) is 3.20. The van der Waals surface area contributed by atoms with Crippen molar-refractivity contribution in [3.05, 3.63) is 72.6 Å². The zero-order valence-corrected chi connectivity index (χ0v) is 14.9. The second kappa shape index (κ2) is 7.75. The summed E-state index contributed by atoms with van der Waals surface area (Å²) >= 11 is 0. The average molecular weight is 356 g/mol. The molecule has 0 aliphatic carbocycles. The van der Waals surface area contributed by atoms with Crippen molar-refractivity contribution in [1.29, 1.82) is 5.26 Å². The summed E-state index contributed by atoms with van der Waals surface area (Å²) in [5.41, 5.74) is 2.80. The van der Waals surface area contributed by atoms with E-state index in [0.717, 1.165) is 43.5 Å². The number of piperazine rings is 1. The molecular formula is C21H20N6. The summed E-state index contributed by atoms with van der Waals surface area (Å²) < 4.78 is 0. The molecule has 2 heterocycles. The highest BCUT2D eigenvalue weighted by atomic mass is 15.3. The standard InChI is InChI=1S/C21H20N6/c22-15-17-6-8-18(9-7-17)25-20-14-21(24-16-23-20)27-12-10-26(11-13-27)19-4-2-1-3-5-19/h1-9,14,16H,10-13H2,(H,23,24,25). The predicted molar refractivity (Wildman–Crippen MR) is 107 cm³/mol. The van der Waals surface area contributed by atoms with E-state index in [4.69, 9.17) is 5.26 Å². The summed E-state index contributed by atoms with van der Waals surface area (Å²) in [6, 6.07) is 21.9. The number of para-hydroxylation sites is 1. The number of nitrogens with one attached hydrogen (secondary N) is 1. The Morgan fingerprint density at radius 3 is 2.26 bits per heavy atom. The van der Waals surface area contributed by atoms with Crippen LogP contribution in [0.2, 0.25) is 0 Å². The molecule has 0 saturated carbocycles. The Labute approximate surface area is 158 Å². The lowest BCUT2D eigenvalue weighted by atomic mass is 10.2. The minimum atomic E-state index is 0.639. The Kier molecular flexibility index (Phi) is 4.84. The van der Waals surface area contributed by atoms with E-state index in [-0.39, 0.29) is 0 Å². The van der Waals surface area contributed by atoms with Crippen LogP contribution in [0.25, 0.3) is 0 Å². The SMILES string of the molecule is N#Cc1ccc(Nc2cc(N3CCN(c4ccccc4)CC3)ncn2)cc1. The molecule has 1 aromatic heterocycles. The highest BCUT2D eigenvalue weighted by molar-refractivity contribution is 5.60. The fourth-order valence-electron chi connectivity index (χ4n) is 3.20. The maximum absolute atomic E-state index is 8.89. The largest absolute Gasteiger partial charge is 0.368 e. The monoisotopic (exact) mass is 356 g/mol. The van der Waals surface area contributed by atoms with Crippen LogP contribution in [-0.2, 0) is 0 Å². The van der Waals surface area contributed by atoms with E-state index in [2.05, 4.69) is 55.4 Å². The van der Waals surface area contributed by atoms with E-state index < -0.39 is 0 Å². The van der Waals surface area contributed by atoms with Gasteiger partial charge < -0.3 is 15.1 Å². The smallest absolute Gasteiger partial charge is 0.135 e. The van der Waals surface area contributed by atoms with Crippen molar-refractivity contribution in [2.45, 2.75) is 0 Å². The van der Waals surface area contributed by atoms with Crippen LogP contribution in [0.15, 0.2) is 67.0 Å². The van der Waals surface area contributed by atoms with Crippen LogP contribution in [0.3, 0.4) is 0 Å². The summed E-state index contributed by atoms with van der Waals surface area (Å²) in [7, 11) is 0. The topological polar surface area (TPSA) is 68.1 Å². The van der Waals surface area contributed by atoms with E-state index in [1.165, 1.54) is 5.69 Å². The van der Waals surface area contributed by atoms with Gasteiger partial charge in [0.1, 0.15) is 18.0 Å². The van der Waals surface area contributed by atoms with Gasteiger partial charge in [-0.15, -0.1) is 0 Å². The highest BCUT2D eigenvalue weighted by Crippen LogP contribution is 2.22. The van der Waals surface area contributed by atoms with E-state index in [9.17, 15) is 0 Å². The minimum absolute atomic E-state index is 0.639. The van der Waals surface area contributed by atoms with E-state index in [0.29, 0.717) is 5.56 Å². The lowest BCUT2D eigenvalue weighted by Gasteiger charge is -2.36. The van der Waals surface area contributed by atoms with Crippen molar-refractivity contribution in [2.24, 2.45) is 0 Å². The van der Waals surface area contributed by atoms with Gasteiger partial charge in [0, 0.05) is 43.6 Å². The van der Waals surface area contributed by atoms with Gasteiger partial charge in [-0.05, 0) is 36.4 Å². The van der Waals surface area contributed by atoms with Crippen LogP contribution in [0.5, 0.6) is 0 Å². The van der Waals surface area contributed by atoms with Gasteiger partial charge in [-0.25, -0.2) is 9.97 Å². The first kappa shape index (κ1) is 16.9. The second-order valence-electron chi connectivity index (χ2n) is 6.39. The molecule has 1 fully saturated rings. The molecule has 0 spiro atoms. The normalized spacial score (nSPS) is 13.9. The molecule has 6 heteroatoms. The molecule has 0 atom stereocenters. The highest BCUT2D eigenvalue weighted by Gasteiger charge is 2.18. The van der Waals surface area contributed by atoms with Crippen LogP contribution in [0.4, 0.5) is 23.0 Å². The van der Waals surface area contributed by atoms with Gasteiger partial charge in [0.25, 0.3) is 0 Å². The lowest BCUT2D eigenvalue weighted by Crippen LogP contribution is -2.46. The number of nitriles is 1. The average Bonchev–Trinajstić information content (AvgIpc) is 2.75. The third-order valence-electron chi connectivity index (χ3n) is 4.66. The second-order valence-corrected chi connectivity index (χ2v) is 6.39. The Morgan fingerprint density at radius 2 is 1.56 bits per heavy atom. The first-order valence-corrected chi connectivity index (χ1v) is 8.96. The van der Waals surface area contributed by atoms with Gasteiger partial charge in [-0.3, -0.25) is 0 Å². The van der Waals surface area contributed by atoms with Gasteiger partial charge in [0.15, 0.2) is 0 Å². The number of nitrogens with zero attached hydrogens (tertiary/aromatic N) is 5. The van der Waals surface area contributed by atoms with Crippen molar-refractivity contribution in [3.8, 4) is 6.07 Å². The molecule has 0 bridgehead atoms. The van der Waals surface area contributed by atoms with Crippen molar-refractivity contribution in [1.82, 2.24) is 9.97 Å². The number of hydrogen-bond donors (Lipinski definition) is 1. The molecule has 1 aliphatic rings. The maximum atomic E-state index is 8.89. The molecular weight excluding hydrogens is 336 g/mol. The molecule has 6 nitrogen and oxygen atoms in total. The van der Waals surface area contributed by atoms with Crippen LogP contribution in [-0.4, -0.2) is 36.1 Å². The molecule has 134 valence electrons. The van der Waals surface area contributed by atoms with Gasteiger partial charge in [-0.2, -0.15) is 5.26 Å². The third-order valence-corrected chi connectivity index (χ3v) is 4.66. The van der Waals surface area contributed by atoms with Gasteiger partial charge in [-0.1, -0.05) is 18.2 Å². The summed E-state index contributed by atoms with van der Waals surface area (Å²) in [4.78, 5) is 13.4. The van der Waals surface area contributed by atoms with Crippen molar-refractivity contribution < 1.29 is 0 Å². The summed E-state index contributed by atoms with van der Waals surface area (Å²) in [5.74, 6) is 1.67. The Hall–Kier alpha value is -3.59.